The molecule has 7 heteroatoms. The first kappa shape index (κ1) is 22.0. The van der Waals surface area contributed by atoms with E-state index in [0.29, 0.717) is 12.0 Å². The number of aromatic nitrogens is 4. The first-order chi connectivity index (χ1) is 17.2. The molecule has 4 aromatic rings. The van der Waals surface area contributed by atoms with Crippen molar-refractivity contribution in [2.45, 2.75) is 38.6 Å². The summed E-state index contributed by atoms with van der Waals surface area (Å²) in [5, 5.41) is 3.45. The van der Waals surface area contributed by atoms with E-state index in [1.54, 1.807) is 0 Å². The zero-order valence-corrected chi connectivity index (χ0v) is 20.6. The van der Waals surface area contributed by atoms with Gasteiger partial charge in [0.2, 0.25) is 5.95 Å². The van der Waals surface area contributed by atoms with Crippen molar-refractivity contribution >= 4 is 28.5 Å². The highest BCUT2D eigenvalue weighted by Gasteiger charge is 2.25. The van der Waals surface area contributed by atoms with Gasteiger partial charge in [-0.2, -0.15) is 4.98 Å². The Kier molecular flexibility index (Phi) is 5.86. The lowest BCUT2D eigenvalue weighted by atomic mass is 10.2. The normalized spacial score (nSPS) is 17.4. The Morgan fingerprint density at radius 1 is 0.829 bits per heavy atom. The van der Waals surface area contributed by atoms with E-state index in [4.69, 9.17) is 15.0 Å². The second-order valence-corrected chi connectivity index (χ2v) is 9.88. The molecule has 3 heterocycles. The molecular formula is C28H33N7. The van der Waals surface area contributed by atoms with E-state index in [1.807, 2.05) is 13.0 Å². The Morgan fingerprint density at radius 2 is 1.54 bits per heavy atom. The molecule has 0 unspecified atom stereocenters. The second-order valence-electron chi connectivity index (χ2n) is 9.88. The van der Waals surface area contributed by atoms with Crippen molar-refractivity contribution in [1.29, 1.82) is 0 Å². The van der Waals surface area contributed by atoms with E-state index in [9.17, 15) is 0 Å². The maximum atomic E-state index is 5.05. The second kappa shape index (κ2) is 9.30. The summed E-state index contributed by atoms with van der Waals surface area (Å²) in [6, 6.07) is 19.5. The van der Waals surface area contributed by atoms with Crippen molar-refractivity contribution in [3.63, 3.8) is 0 Å². The Hall–Kier alpha value is -3.45. The van der Waals surface area contributed by atoms with Crippen LogP contribution in [0.4, 0.5) is 17.3 Å². The molecule has 1 saturated carbocycles. The van der Waals surface area contributed by atoms with Gasteiger partial charge in [-0.25, -0.2) is 9.97 Å². The van der Waals surface area contributed by atoms with Gasteiger partial charge in [-0.05, 0) is 51.1 Å². The van der Waals surface area contributed by atoms with Crippen LogP contribution in [-0.4, -0.2) is 57.6 Å². The maximum absolute atomic E-state index is 5.05. The Labute approximate surface area is 206 Å². The predicted molar refractivity (Wildman–Crippen MR) is 142 cm³/mol. The molecule has 6 rings (SSSR count). The maximum Gasteiger partial charge on any atom is 0.229 e. The first-order valence-electron chi connectivity index (χ1n) is 12.8. The molecule has 2 aliphatic rings. The highest BCUT2D eigenvalue weighted by atomic mass is 15.2. The number of imidazole rings is 1. The van der Waals surface area contributed by atoms with Crippen LogP contribution in [0, 0.1) is 6.92 Å². The molecule has 7 nitrogen and oxygen atoms in total. The van der Waals surface area contributed by atoms with Crippen molar-refractivity contribution in [3.05, 3.63) is 60.3 Å². The Bertz CT molecular complexity index is 1300. The molecule has 0 amide bonds. The number of piperazine rings is 1. The van der Waals surface area contributed by atoms with E-state index >= 15 is 0 Å². The number of aryl methyl sites for hydroxylation is 1. The van der Waals surface area contributed by atoms with Crippen LogP contribution >= 0.6 is 0 Å². The van der Waals surface area contributed by atoms with Crippen LogP contribution in [0.5, 0.6) is 0 Å². The van der Waals surface area contributed by atoms with Crippen LogP contribution in [0.25, 0.3) is 22.6 Å². The monoisotopic (exact) mass is 467 g/mol. The molecule has 0 bridgehead atoms. The van der Waals surface area contributed by atoms with Crippen molar-refractivity contribution in [1.82, 2.24) is 24.4 Å². The van der Waals surface area contributed by atoms with Gasteiger partial charge in [0, 0.05) is 49.2 Å². The van der Waals surface area contributed by atoms with Crippen molar-refractivity contribution in [3.8, 4) is 11.4 Å². The van der Waals surface area contributed by atoms with Gasteiger partial charge in [-0.15, -0.1) is 0 Å². The molecular weight excluding hydrogens is 434 g/mol. The fourth-order valence-electron chi connectivity index (χ4n) is 5.42. The highest BCUT2D eigenvalue weighted by Crippen LogP contribution is 2.37. The van der Waals surface area contributed by atoms with Gasteiger partial charge in [0.05, 0.1) is 5.69 Å². The molecule has 0 spiro atoms. The average Bonchev–Trinajstić information content (AvgIpc) is 3.54. The molecule has 0 radical (unpaired) electrons. The summed E-state index contributed by atoms with van der Waals surface area (Å²) < 4.78 is 2.37. The van der Waals surface area contributed by atoms with E-state index in [1.165, 1.54) is 31.4 Å². The topological polar surface area (TPSA) is 62.1 Å². The summed E-state index contributed by atoms with van der Waals surface area (Å²) in [6.45, 7) is 6.38. The van der Waals surface area contributed by atoms with Gasteiger partial charge < -0.3 is 19.7 Å². The number of rotatable bonds is 5. The minimum atomic E-state index is 0.431. The van der Waals surface area contributed by atoms with Crippen molar-refractivity contribution in [2.24, 2.45) is 0 Å². The quantitative estimate of drug-likeness (QED) is 0.423. The summed E-state index contributed by atoms with van der Waals surface area (Å²) in [7, 11) is 2.19. The van der Waals surface area contributed by atoms with Crippen LogP contribution < -0.4 is 10.2 Å². The fourth-order valence-corrected chi connectivity index (χ4v) is 5.42. The Balaban J connectivity index is 1.33. The number of hydrogen-bond acceptors (Lipinski definition) is 6. The lowest BCUT2D eigenvalue weighted by Crippen LogP contribution is -2.44. The predicted octanol–water partition coefficient (Wildman–Crippen LogP) is 5.41. The fraction of sp³-hybridized carbons (Fsp3) is 0.393. The van der Waals surface area contributed by atoms with Gasteiger partial charge in [0.25, 0.3) is 0 Å². The van der Waals surface area contributed by atoms with Gasteiger partial charge in [0.1, 0.15) is 11.3 Å². The minimum absolute atomic E-state index is 0.431. The van der Waals surface area contributed by atoms with Crippen LogP contribution in [0.1, 0.15) is 37.4 Å². The van der Waals surface area contributed by atoms with E-state index in [2.05, 4.69) is 75.3 Å². The highest BCUT2D eigenvalue weighted by molar-refractivity contribution is 5.81. The molecule has 0 atom stereocenters. The van der Waals surface area contributed by atoms with E-state index < -0.39 is 0 Å². The average molecular weight is 468 g/mol. The van der Waals surface area contributed by atoms with E-state index in [0.717, 1.165) is 60.1 Å². The zero-order chi connectivity index (χ0) is 23.8. The number of fused-ring (bicyclic) bond motifs is 1. The van der Waals surface area contributed by atoms with Crippen LogP contribution in [-0.2, 0) is 0 Å². The molecule has 1 aliphatic heterocycles. The SMILES string of the molecule is Cc1nc(Nc2ccc(N3CCN(C)CC3)cc2)nc2c1nc(-c1ccccc1)n2C1CCCC1. The number of anilines is 3. The number of hydrogen-bond donors (Lipinski definition) is 1. The molecule has 2 fully saturated rings. The van der Waals surface area contributed by atoms with E-state index in [-0.39, 0.29) is 0 Å². The number of likely N-dealkylation sites (N-methyl/N-ethyl adjacent to an activating group) is 1. The van der Waals surface area contributed by atoms with Gasteiger partial charge in [0.15, 0.2) is 5.65 Å². The summed E-state index contributed by atoms with van der Waals surface area (Å²) in [4.78, 5) is 19.7. The smallest absolute Gasteiger partial charge is 0.229 e. The lowest BCUT2D eigenvalue weighted by molar-refractivity contribution is 0.313. The van der Waals surface area contributed by atoms with Gasteiger partial charge in [-0.3, -0.25) is 0 Å². The van der Waals surface area contributed by atoms with Crippen LogP contribution in [0.2, 0.25) is 0 Å². The van der Waals surface area contributed by atoms with Crippen molar-refractivity contribution in [2.75, 3.05) is 43.4 Å². The van der Waals surface area contributed by atoms with Crippen LogP contribution in [0.15, 0.2) is 54.6 Å². The number of nitrogens with zero attached hydrogens (tertiary/aromatic N) is 6. The van der Waals surface area contributed by atoms with Crippen LogP contribution in [0.3, 0.4) is 0 Å². The third-order valence-corrected chi connectivity index (χ3v) is 7.43. The molecule has 1 N–H and O–H groups in total. The molecule has 1 aliphatic carbocycles. The Morgan fingerprint density at radius 3 is 2.26 bits per heavy atom. The summed E-state index contributed by atoms with van der Waals surface area (Å²) in [5.41, 5.74) is 6.12. The van der Waals surface area contributed by atoms with Gasteiger partial charge in [-0.1, -0.05) is 43.2 Å². The summed E-state index contributed by atoms with van der Waals surface area (Å²) >= 11 is 0. The van der Waals surface area contributed by atoms with Gasteiger partial charge >= 0.3 is 0 Å². The lowest BCUT2D eigenvalue weighted by Gasteiger charge is -2.34. The molecule has 2 aromatic carbocycles. The number of nitrogens with one attached hydrogen (secondary N) is 1. The largest absolute Gasteiger partial charge is 0.369 e. The third-order valence-electron chi connectivity index (χ3n) is 7.43. The third kappa shape index (κ3) is 4.36. The molecule has 180 valence electrons. The first-order valence-corrected chi connectivity index (χ1v) is 12.8. The molecule has 2 aromatic heterocycles. The summed E-state index contributed by atoms with van der Waals surface area (Å²) in [6.07, 6.45) is 4.86. The summed E-state index contributed by atoms with van der Waals surface area (Å²) in [5.74, 6) is 1.62. The molecule has 1 saturated heterocycles. The van der Waals surface area contributed by atoms with Crippen molar-refractivity contribution < 1.29 is 0 Å². The standard InChI is InChI=1S/C28H33N7/c1-20-25-27(35(24-10-6-7-11-24)26(31-25)21-8-4-3-5-9-21)32-28(29-20)30-22-12-14-23(15-13-22)34-18-16-33(2)17-19-34/h3-5,8-9,12-15,24H,6-7,10-11,16-19H2,1-2H3,(H,29,30,32). The minimum Gasteiger partial charge on any atom is -0.369 e. The zero-order valence-electron chi connectivity index (χ0n) is 20.6. The molecule has 35 heavy (non-hydrogen) atoms. The number of benzene rings is 2.